The van der Waals surface area contributed by atoms with Gasteiger partial charge in [-0.15, -0.1) is 10.2 Å². The maximum atomic E-state index is 14.3. The molecule has 11 heteroatoms. The number of hydrogen-bond donors (Lipinski definition) is 1. The molecule has 0 bridgehead atoms. The third kappa shape index (κ3) is 7.78. The zero-order valence-corrected chi connectivity index (χ0v) is 27.0. The lowest BCUT2D eigenvalue weighted by molar-refractivity contribution is 0.0554. The summed E-state index contributed by atoms with van der Waals surface area (Å²) in [5.74, 6) is 1.99. The van der Waals surface area contributed by atoms with Crippen LogP contribution in [0.5, 0.6) is 11.6 Å². The molecule has 236 valence electrons. The molecule has 1 N–H and O–H groups in total. The Bertz CT molecular complexity index is 1220. The highest BCUT2D eigenvalue weighted by molar-refractivity contribution is 7.97. The minimum atomic E-state index is -0.491. The number of nitrogens with zero attached hydrogens (tertiary/aromatic N) is 6. The van der Waals surface area contributed by atoms with Crippen LogP contribution in [0.4, 0.5) is 10.2 Å². The van der Waals surface area contributed by atoms with Crippen molar-refractivity contribution in [1.82, 2.24) is 29.7 Å². The number of likely N-dealkylation sites (tertiary alicyclic amines) is 1. The second kappa shape index (κ2) is 14.5. The SMILES string of the molecule is CCSNC1CCC2(CC1)CCN(C[C@@H]1CCN(c3ncnnc3Oc3ccc(F)cc3C(=O)N(CC)C(C)C)C1)CC2. The third-order valence-corrected chi connectivity index (χ3v) is 10.4. The number of rotatable bonds is 11. The van der Waals surface area contributed by atoms with Crippen molar-refractivity contribution in [2.75, 3.05) is 49.9 Å². The van der Waals surface area contributed by atoms with E-state index in [0.29, 0.717) is 29.7 Å². The maximum Gasteiger partial charge on any atom is 0.282 e. The molecule has 3 fully saturated rings. The first-order valence-corrected chi connectivity index (χ1v) is 17.1. The number of piperidine rings is 1. The molecule has 1 atom stereocenters. The van der Waals surface area contributed by atoms with Gasteiger partial charge in [0.2, 0.25) is 0 Å². The standard InChI is InChI=1S/C32H48FN7O2S/c1-5-40(23(3)4)31(41)27-19-25(33)7-8-28(27)42-30-29(34-22-35-36-30)39-16-11-24(21-39)20-38-17-14-32(15-18-38)12-9-26(10-13-32)37-43-6-2/h7-8,19,22-24,26,37H,5-6,9-18,20-21H2,1-4H3/t24-/m0/s1. The molecule has 1 aromatic carbocycles. The highest BCUT2D eigenvalue weighted by Crippen LogP contribution is 2.45. The monoisotopic (exact) mass is 613 g/mol. The first-order chi connectivity index (χ1) is 20.8. The number of anilines is 1. The number of halogens is 1. The number of hydrogen-bond acceptors (Lipinski definition) is 9. The molecule has 1 spiro atoms. The highest BCUT2D eigenvalue weighted by Gasteiger charge is 2.39. The first-order valence-electron chi connectivity index (χ1n) is 16.1. The quantitative estimate of drug-likeness (QED) is 0.317. The number of carbonyl (C=O) groups excluding carboxylic acids is 1. The van der Waals surface area contributed by atoms with E-state index in [4.69, 9.17) is 4.74 Å². The zero-order valence-electron chi connectivity index (χ0n) is 26.2. The summed E-state index contributed by atoms with van der Waals surface area (Å²) in [6.07, 6.45) is 10.5. The number of amides is 1. The fourth-order valence-corrected chi connectivity index (χ4v) is 7.74. The zero-order chi connectivity index (χ0) is 30.4. The Balaban J connectivity index is 1.18. The number of aromatic nitrogens is 3. The number of ether oxygens (including phenoxy) is 1. The average molecular weight is 614 g/mol. The summed E-state index contributed by atoms with van der Waals surface area (Å²) in [7, 11) is 0. The van der Waals surface area contributed by atoms with Crippen molar-refractivity contribution in [1.29, 1.82) is 0 Å². The van der Waals surface area contributed by atoms with E-state index < -0.39 is 5.82 Å². The van der Waals surface area contributed by atoms with Gasteiger partial charge in [-0.2, -0.15) is 0 Å². The Morgan fingerprint density at radius 1 is 1.16 bits per heavy atom. The second-order valence-corrected chi connectivity index (χ2v) is 13.8. The summed E-state index contributed by atoms with van der Waals surface area (Å²) in [4.78, 5) is 24.4. The molecule has 2 saturated heterocycles. The van der Waals surface area contributed by atoms with E-state index in [0.717, 1.165) is 31.8 Å². The first kappa shape index (κ1) is 31.9. The molecule has 1 saturated carbocycles. The Kier molecular flexibility index (Phi) is 10.8. The van der Waals surface area contributed by atoms with E-state index in [-0.39, 0.29) is 29.1 Å². The summed E-state index contributed by atoms with van der Waals surface area (Å²) in [5, 5.41) is 8.20. The summed E-state index contributed by atoms with van der Waals surface area (Å²) < 4.78 is 24.1. The molecule has 2 aromatic rings. The van der Waals surface area contributed by atoms with Gasteiger partial charge in [-0.3, -0.25) is 9.52 Å². The van der Waals surface area contributed by atoms with Crippen molar-refractivity contribution in [2.24, 2.45) is 11.3 Å². The molecule has 3 heterocycles. The van der Waals surface area contributed by atoms with Crippen LogP contribution >= 0.6 is 11.9 Å². The van der Waals surface area contributed by atoms with Crippen molar-refractivity contribution in [3.05, 3.63) is 35.9 Å². The fraction of sp³-hybridized carbons (Fsp3) is 0.688. The molecule has 0 unspecified atom stereocenters. The molecule has 1 aliphatic carbocycles. The Morgan fingerprint density at radius 3 is 2.63 bits per heavy atom. The lowest BCUT2D eigenvalue weighted by atomic mass is 9.67. The lowest BCUT2D eigenvalue weighted by Crippen LogP contribution is -2.45. The Hall–Kier alpha value is -2.50. The summed E-state index contributed by atoms with van der Waals surface area (Å²) in [6.45, 7) is 13.7. The van der Waals surface area contributed by atoms with Gasteiger partial charge in [0, 0.05) is 44.0 Å². The van der Waals surface area contributed by atoms with E-state index in [9.17, 15) is 9.18 Å². The van der Waals surface area contributed by atoms with Gasteiger partial charge in [-0.1, -0.05) is 18.9 Å². The van der Waals surface area contributed by atoms with Gasteiger partial charge in [0.25, 0.3) is 11.8 Å². The van der Waals surface area contributed by atoms with Crippen LogP contribution in [0.2, 0.25) is 0 Å². The molecule has 1 aromatic heterocycles. The Labute approximate surface area is 260 Å². The van der Waals surface area contributed by atoms with Crippen LogP contribution in [0.1, 0.15) is 83.0 Å². The van der Waals surface area contributed by atoms with Gasteiger partial charge < -0.3 is 19.4 Å². The third-order valence-electron chi connectivity index (χ3n) is 9.63. The summed E-state index contributed by atoms with van der Waals surface area (Å²) in [6, 6.07) is 4.66. The van der Waals surface area contributed by atoms with Crippen molar-refractivity contribution in [3.63, 3.8) is 0 Å². The minimum Gasteiger partial charge on any atom is -0.434 e. The predicted octanol–water partition coefficient (Wildman–Crippen LogP) is 5.78. The van der Waals surface area contributed by atoms with Crippen LogP contribution in [0, 0.1) is 17.2 Å². The minimum absolute atomic E-state index is 0.0311. The molecular formula is C32H48FN7O2S. The van der Waals surface area contributed by atoms with Crippen molar-refractivity contribution < 1.29 is 13.9 Å². The number of nitrogens with one attached hydrogen (secondary N) is 1. The smallest absolute Gasteiger partial charge is 0.282 e. The van der Waals surface area contributed by atoms with Crippen molar-refractivity contribution in [2.45, 2.75) is 84.7 Å². The van der Waals surface area contributed by atoms with Gasteiger partial charge in [0.15, 0.2) is 5.82 Å². The molecular weight excluding hydrogens is 565 g/mol. The predicted molar refractivity (Wildman–Crippen MR) is 170 cm³/mol. The van der Waals surface area contributed by atoms with Gasteiger partial charge in [-0.25, -0.2) is 9.37 Å². The van der Waals surface area contributed by atoms with Gasteiger partial charge >= 0.3 is 0 Å². The normalized spacial score (nSPS) is 21.1. The molecule has 3 aliphatic rings. The lowest BCUT2D eigenvalue weighted by Gasteiger charge is -2.46. The molecule has 43 heavy (non-hydrogen) atoms. The average Bonchev–Trinajstić information content (AvgIpc) is 3.47. The molecule has 5 rings (SSSR count). The van der Waals surface area contributed by atoms with E-state index in [2.05, 4.69) is 36.6 Å². The van der Waals surface area contributed by atoms with Gasteiger partial charge in [-0.05, 0) is 108 Å². The maximum absolute atomic E-state index is 14.3. The van der Waals surface area contributed by atoms with E-state index >= 15 is 0 Å². The molecule has 0 radical (unpaired) electrons. The Morgan fingerprint density at radius 2 is 1.93 bits per heavy atom. The van der Waals surface area contributed by atoms with Crippen LogP contribution in [0.25, 0.3) is 0 Å². The highest BCUT2D eigenvalue weighted by atomic mass is 32.2. The van der Waals surface area contributed by atoms with Crippen molar-refractivity contribution >= 4 is 23.7 Å². The largest absolute Gasteiger partial charge is 0.434 e. The van der Waals surface area contributed by atoms with Crippen LogP contribution in [-0.4, -0.2) is 88.0 Å². The number of benzene rings is 1. The van der Waals surface area contributed by atoms with Crippen LogP contribution < -0.4 is 14.4 Å². The number of carbonyl (C=O) groups is 1. The second-order valence-electron chi connectivity index (χ2n) is 12.7. The van der Waals surface area contributed by atoms with Crippen molar-refractivity contribution in [3.8, 4) is 11.6 Å². The fourth-order valence-electron chi connectivity index (χ4n) is 7.10. The topological polar surface area (TPSA) is 86.7 Å². The van der Waals surface area contributed by atoms with Crippen LogP contribution in [0.3, 0.4) is 0 Å². The van der Waals surface area contributed by atoms with Gasteiger partial charge in [0.1, 0.15) is 17.9 Å². The van der Waals surface area contributed by atoms with Crippen LogP contribution in [0.15, 0.2) is 24.5 Å². The summed E-state index contributed by atoms with van der Waals surface area (Å²) in [5.41, 5.74) is 0.717. The van der Waals surface area contributed by atoms with Crippen LogP contribution in [-0.2, 0) is 0 Å². The van der Waals surface area contributed by atoms with E-state index in [1.54, 1.807) is 4.90 Å². The molecule has 9 nitrogen and oxygen atoms in total. The van der Waals surface area contributed by atoms with E-state index in [1.807, 2.05) is 32.7 Å². The molecule has 2 aliphatic heterocycles. The summed E-state index contributed by atoms with van der Waals surface area (Å²) >= 11 is 1.86. The van der Waals surface area contributed by atoms with E-state index in [1.165, 1.54) is 76.1 Å². The van der Waals surface area contributed by atoms with Gasteiger partial charge in [0.05, 0.1) is 5.56 Å². The molecule has 1 amide bonds.